The van der Waals surface area contributed by atoms with E-state index in [2.05, 4.69) is 67.3 Å². The molecule has 2 N–H and O–H groups in total. The second-order valence-corrected chi connectivity index (χ2v) is 17.3. The number of hydrogen-bond donors (Lipinski definition) is 2. The van der Waals surface area contributed by atoms with Crippen molar-refractivity contribution in [1.82, 2.24) is 28.9 Å². The molecular formula is C52H66N6O8. The topological polar surface area (TPSA) is 154 Å². The average molecular weight is 903 g/mol. The van der Waals surface area contributed by atoms with E-state index in [9.17, 15) is 19.8 Å². The summed E-state index contributed by atoms with van der Waals surface area (Å²) in [5.74, 6) is 0.766. The summed E-state index contributed by atoms with van der Waals surface area (Å²) in [4.78, 5) is 36.5. The summed E-state index contributed by atoms with van der Waals surface area (Å²) in [7, 11) is 3.08. The highest BCUT2D eigenvalue weighted by Crippen LogP contribution is 2.37. The van der Waals surface area contributed by atoms with Crippen molar-refractivity contribution in [2.24, 2.45) is 0 Å². The highest BCUT2D eigenvalue weighted by atomic mass is 16.5. The zero-order valence-corrected chi connectivity index (χ0v) is 39.0. The Morgan fingerprint density at radius 2 is 1.17 bits per heavy atom. The largest absolute Gasteiger partial charge is 0.497 e. The fourth-order valence-electron chi connectivity index (χ4n) is 9.43. The molecule has 8 rings (SSSR count). The van der Waals surface area contributed by atoms with Gasteiger partial charge in [-0.2, -0.15) is 0 Å². The Hall–Kier alpha value is -6.12. The van der Waals surface area contributed by atoms with Crippen molar-refractivity contribution in [3.05, 3.63) is 108 Å². The van der Waals surface area contributed by atoms with Crippen LogP contribution in [0.15, 0.2) is 85.7 Å². The van der Waals surface area contributed by atoms with Gasteiger partial charge >= 0.3 is 11.9 Å². The van der Waals surface area contributed by atoms with Crippen molar-refractivity contribution in [3.63, 3.8) is 0 Å². The van der Waals surface area contributed by atoms with Crippen molar-refractivity contribution >= 4 is 33.7 Å². The van der Waals surface area contributed by atoms with Gasteiger partial charge in [-0.3, -0.25) is 19.8 Å². The van der Waals surface area contributed by atoms with Crippen LogP contribution in [0.1, 0.15) is 109 Å². The van der Waals surface area contributed by atoms with Gasteiger partial charge in [-0.1, -0.05) is 32.8 Å². The third-order valence-electron chi connectivity index (χ3n) is 13.2. The Morgan fingerprint density at radius 3 is 1.65 bits per heavy atom. The molecule has 2 aliphatic heterocycles. The lowest BCUT2D eigenvalue weighted by Crippen LogP contribution is -2.36. The lowest BCUT2D eigenvalue weighted by atomic mass is 9.89. The molecule has 4 aromatic heterocycles. The molecule has 6 aromatic rings. The van der Waals surface area contributed by atoms with E-state index in [1.165, 1.54) is 77.9 Å². The van der Waals surface area contributed by atoms with E-state index in [-0.39, 0.29) is 11.1 Å². The first-order valence-corrected chi connectivity index (χ1v) is 23.6. The molecule has 0 aliphatic carbocycles. The van der Waals surface area contributed by atoms with Crippen LogP contribution >= 0.6 is 0 Å². The minimum Gasteiger partial charge on any atom is -0.497 e. The molecule has 14 heteroatoms. The summed E-state index contributed by atoms with van der Waals surface area (Å²) in [6.45, 7) is 12.9. The molecule has 0 radical (unpaired) electrons. The van der Waals surface area contributed by atoms with E-state index < -0.39 is 11.9 Å². The number of aromatic nitrogens is 4. The molecule has 2 fully saturated rings. The third kappa shape index (κ3) is 11.6. The Balaban J connectivity index is 0.000000196. The Kier molecular flexibility index (Phi) is 16.9. The molecule has 14 nitrogen and oxygen atoms in total. The number of likely N-dealkylation sites (tertiary alicyclic amines) is 2. The van der Waals surface area contributed by atoms with Crippen molar-refractivity contribution in [3.8, 4) is 23.0 Å². The van der Waals surface area contributed by atoms with Crippen LogP contribution < -0.4 is 18.9 Å². The summed E-state index contributed by atoms with van der Waals surface area (Å²) in [5, 5.41) is 21.5. The normalized spacial score (nSPS) is 15.1. The predicted molar refractivity (Wildman–Crippen MR) is 257 cm³/mol. The summed E-state index contributed by atoms with van der Waals surface area (Å²) < 4.78 is 27.0. The monoisotopic (exact) mass is 902 g/mol. The van der Waals surface area contributed by atoms with E-state index in [1.54, 1.807) is 31.4 Å². The van der Waals surface area contributed by atoms with Gasteiger partial charge in [0.1, 0.15) is 35.8 Å². The fourth-order valence-corrected chi connectivity index (χ4v) is 9.43. The smallest absolute Gasteiger partial charge is 0.339 e. The number of nitrogens with zero attached hydrogens (tertiary/aromatic N) is 6. The Bertz CT molecular complexity index is 2520. The van der Waals surface area contributed by atoms with Crippen LogP contribution in [0.2, 0.25) is 0 Å². The SMILES string of the molecule is CCCCn1cc(C2CCN(CCOc3c(OC)cccc3C(=O)O)CC2)c2ccncc21.CCCCn1cc(C2CCN(CCOc3cc(OC)ccc3C(=O)O)CC2)c2ccncc21. The first kappa shape index (κ1) is 47.8. The Morgan fingerprint density at radius 1 is 0.636 bits per heavy atom. The maximum Gasteiger partial charge on any atom is 0.339 e. The molecule has 352 valence electrons. The second-order valence-electron chi connectivity index (χ2n) is 17.3. The molecule has 0 saturated carbocycles. The quantitative estimate of drug-likeness (QED) is 0.0750. The maximum absolute atomic E-state index is 11.5. The second kappa shape index (κ2) is 23.4. The van der Waals surface area contributed by atoms with Gasteiger partial charge in [0.15, 0.2) is 11.5 Å². The van der Waals surface area contributed by atoms with Crippen LogP contribution in [-0.4, -0.2) is 118 Å². The minimum atomic E-state index is -1.02. The van der Waals surface area contributed by atoms with Crippen LogP contribution in [0, 0.1) is 0 Å². The number of ether oxygens (including phenoxy) is 4. The van der Waals surface area contributed by atoms with Gasteiger partial charge in [-0.25, -0.2) is 9.59 Å². The number of para-hydroxylation sites is 1. The number of carboxylic acids is 2. The molecule has 6 heterocycles. The van der Waals surface area contributed by atoms with E-state index in [0.717, 1.165) is 78.0 Å². The lowest BCUT2D eigenvalue weighted by molar-refractivity contribution is 0.0679. The number of carbonyl (C=O) groups is 2. The van der Waals surface area contributed by atoms with Crippen molar-refractivity contribution in [2.75, 3.05) is 66.7 Å². The number of aromatic carboxylic acids is 2. The van der Waals surface area contributed by atoms with Crippen LogP contribution in [0.5, 0.6) is 23.0 Å². The highest BCUT2D eigenvalue weighted by Gasteiger charge is 2.26. The maximum atomic E-state index is 11.5. The number of benzene rings is 2. The summed E-state index contributed by atoms with van der Waals surface area (Å²) in [6.07, 6.45) is 21.6. The number of unbranched alkanes of at least 4 members (excludes halogenated alkanes) is 2. The molecule has 0 bridgehead atoms. The molecule has 2 aromatic carbocycles. The van der Waals surface area contributed by atoms with E-state index in [1.807, 2.05) is 24.8 Å². The first-order chi connectivity index (χ1) is 32.2. The molecule has 2 aliphatic rings. The number of aryl methyl sites for hydroxylation is 2. The van der Waals surface area contributed by atoms with E-state index in [4.69, 9.17) is 18.9 Å². The molecule has 2 saturated heterocycles. The average Bonchev–Trinajstić information content (AvgIpc) is 3.91. The van der Waals surface area contributed by atoms with Gasteiger partial charge < -0.3 is 38.3 Å². The van der Waals surface area contributed by atoms with Gasteiger partial charge in [0.2, 0.25) is 0 Å². The van der Waals surface area contributed by atoms with Gasteiger partial charge in [0, 0.05) is 67.8 Å². The van der Waals surface area contributed by atoms with Crippen LogP contribution in [0.4, 0.5) is 0 Å². The molecule has 0 amide bonds. The van der Waals surface area contributed by atoms with E-state index in [0.29, 0.717) is 48.0 Å². The molecular weight excluding hydrogens is 837 g/mol. The molecule has 0 unspecified atom stereocenters. The first-order valence-electron chi connectivity index (χ1n) is 23.6. The van der Waals surface area contributed by atoms with Crippen LogP contribution in [0.25, 0.3) is 21.8 Å². The number of pyridine rings is 2. The van der Waals surface area contributed by atoms with Gasteiger partial charge in [-0.05, 0) is 124 Å². The highest BCUT2D eigenvalue weighted by molar-refractivity contribution is 5.92. The van der Waals surface area contributed by atoms with E-state index >= 15 is 0 Å². The number of fused-ring (bicyclic) bond motifs is 2. The van der Waals surface area contributed by atoms with Crippen LogP contribution in [0.3, 0.4) is 0 Å². The standard InChI is InChI=1S/2C26H33N3O4/c1-3-4-11-29-18-23(21-7-10-27-17-24(21)29)19-8-12-28(13-9-19)14-15-33-25-16-20(32-2)5-6-22(25)26(30)31;1-3-4-12-29-18-22(20-8-11-27-17-23(20)29)19-9-13-28(14-10-19)15-16-33-25-21(26(30)31)6-5-7-24(25)32-2/h5-7,10,16-19H,3-4,8-9,11-15H2,1-2H3,(H,30,31);5-8,11,17-19H,3-4,9-10,12-16H2,1-2H3,(H,30,31). The lowest BCUT2D eigenvalue weighted by Gasteiger charge is -2.32. The predicted octanol–water partition coefficient (Wildman–Crippen LogP) is 9.60. The van der Waals surface area contributed by atoms with Crippen LogP contribution in [-0.2, 0) is 13.1 Å². The van der Waals surface area contributed by atoms with Crippen molar-refractivity contribution in [1.29, 1.82) is 0 Å². The fraction of sp³-hybridized carbons (Fsp3) is 0.462. The van der Waals surface area contributed by atoms with Crippen molar-refractivity contribution in [2.45, 2.75) is 90.1 Å². The molecule has 0 atom stereocenters. The zero-order valence-electron chi connectivity index (χ0n) is 39.0. The number of methoxy groups -OCH3 is 2. The van der Waals surface area contributed by atoms with Crippen molar-refractivity contribution < 1.29 is 38.7 Å². The van der Waals surface area contributed by atoms with Gasteiger partial charge in [0.25, 0.3) is 0 Å². The number of piperidine rings is 2. The van der Waals surface area contributed by atoms with Gasteiger partial charge in [0.05, 0.1) is 37.6 Å². The number of hydrogen-bond acceptors (Lipinski definition) is 10. The minimum absolute atomic E-state index is 0.127. The molecule has 0 spiro atoms. The zero-order chi connectivity index (χ0) is 46.4. The molecule has 66 heavy (non-hydrogen) atoms. The summed E-state index contributed by atoms with van der Waals surface area (Å²) in [6, 6.07) is 14.0. The van der Waals surface area contributed by atoms with Gasteiger partial charge in [-0.15, -0.1) is 0 Å². The number of rotatable bonds is 20. The summed E-state index contributed by atoms with van der Waals surface area (Å²) in [5.41, 5.74) is 5.65. The summed E-state index contributed by atoms with van der Waals surface area (Å²) >= 11 is 0. The number of carboxylic acid groups (broad SMARTS) is 2. The Labute approximate surface area is 388 Å². The third-order valence-corrected chi connectivity index (χ3v) is 13.2.